The monoisotopic (exact) mass is 288 g/mol. The summed E-state index contributed by atoms with van der Waals surface area (Å²) in [6, 6.07) is 16.4. The first-order chi connectivity index (χ1) is 9.61. The minimum Gasteiger partial charge on any atom is -0.370 e. The molecular weight excluding hydrogens is 268 g/mol. The van der Waals surface area contributed by atoms with Crippen molar-refractivity contribution in [2.24, 2.45) is 5.73 Å². The smallest absolute Gasteiger partial charge is 0.0426 e. The molecule has 1 atom stereocenters. The fraction of sp³-hybridized carbons (Fsp3) is 0.294. The first-order valence-corrected chi connectivity index (χ1v) is 7.29. The van der Waals surface area contributed by atoms with Crippen molar-refractivity contribution in [1.82, 2.24) is 0 Å². The normalized spacial score (nSPS) is 12.2. The third-order valence-corrected chi connectivity index (χ3v) is 3.77. The van der Waals surface area contributed by atoms with Gasteiger partial charge in [-0.3, -0.25) is 0 Å². The summed E-state index contributed by atoms with van der Waals surface area (Å²) >= 11 is 5.92. The van der Waals surface area contributed by atoms with E-state index < -0.39 is 0 Å². The maximum Gasteiger partial charge on any atom is 0.0426 e. The van der Waals surface area contributed by atoms with Gasteiger partial charge in [0, 0.05) is 30.3 Å². The van der Waals surface area contributed by atoms with Crippen molar-refractivity contribution in [2.75, 3.05) is 11.9 Å². The van der Waals surface area contributed by atoms with Gasteiger partial charge in [-0.2, -0.15) is 0 Å². The van der Waals surface area contributed by atoms with E-state index in [-0.39, 0.29) is 6.04 Å². The predicted molar refractivity (Wildman–Crippen MR) is 87.2 cm³/mol. The maximum atomic E-state index is 6.20. The molecule has 0 spiro atoms. The van der Waals surface area contributed by atoms with Crippen LogP contribution in [-0.2, 0) is 6.54 Å². The molecule has 3 heteroatoms. The maximum absolute atomic E-state index is 6.20. The van der Waals surface area contributed by atoms with Gasteiger partial charge < -0.3 is 10.6 Å². The Morgan fingerprint density at radius 3 is 2.40 bits per heavy atom. The number of para-hydroxylation sites is 1. The van der Waals surface area contributed by atoms with E-state index in [4.69, 9.17) is 17.3 Å². The summed E-state index contributed by atoms with van der Waals surface area (Å²) in [4.78, 5) is 2.23. The second-order valence-electron chi connectivity index (χ2n) is 5.06. The fourth-order valence-electron chi connectivity index (χ4n) is 2.32. The summed E-state index contributed by atoms with van der Waals surface area (Å²) in [5.74, 6) is 0. The Hall–Kier alpha value is -1.51. The topological polar surface area (TPSA) is 29.3 Å². The summed E-state index contributed by atoms with van der Waals surface area (Å²) in [5.41, 5.74) is 9.83. The Balaban J connectivity index is 2.20. The van der Waals surface area contributed by atoms with Crippen LogP contribution in [0.25, 0.3) is 0 Å². The molecule has 0 saturated heterocycles. The van der Waals surface area contributed by atoms with E-state index in [1.54, 1.807) is 0 Å². The van der Waals surface area contributed by atoms with Crippen molar-refractivity contribution in [3.63, 3.8) is 0 Å². The van der Waals surface area contributed by atoms with Crippen LogP contribution in [0.15, 0.2) is 48.5 Å². The molecule has 106 valence electrons. The highest BCUT2D eigenvalue weighted by molar-refractivity contribution is 6.30. The van der Waals surface area contributed by atoms with E-state index >= 15 is 0 Å². The van der Waals surface area contributed by atoms with E-state index in [0.29, 0.717) is 0 Å². The molecule has 0 unspecified atom stereocenters. The molecule has 0 heterocycles. The molecule has 2 aromatic carbocycles. The molecule has 2 rings (SSSR count). The minimum absolute atomic E-state index is 0.0823. The zero-order valence-corrected chi connectivity index (χ0v) is 12.8. The highest BCUT2D eigenvalue weighted by Crippen LogP contribution is 2.27. The number of halogens is 1. The van der Waals surface area contributed by atoms with Gasteiger partial charge in [0.1, 0.15) is 0 Å². The molecule has 0 fully saturated rings. The molecular formula is C17H21ClN2. The average Bonchev–Trinajstić information content (AvgIpc) is 2.48. The zero-order valence-electron chi connectivity index (χ0n) is 12.0. The SMILES string of the molecule is CC[C@@H](N)c1ccccc1N(C)Cc1ccc(Cl)cc1. The van der Waals surface area contributed by atoms with Crippen molar-refractivity contribution in [2.45, 2.75) is 25.9 Å². The minimum atomic E-state index is 0.0823. The van der Waals surface area contributed by atoms with Crippen molar-refractivity contribution in [3.05, 3.63) is 64.7 Å². The predicted octanol–water partition coefficient (Wildman–Crippen LogP) is 4.39. The molecule has 2 aromatic rings. The van der Waals surface area contributed by atoms with Crippen LogP contribution in [0.1, 0.15) is 30.5 Å². The second kappa shape index (κ2) is 6.78. The largest absolute Gasteiger partial charge is 0.370 e. The summed E-state index contributed by atoms with van der Waals surface area (Å²) in [7, 11) is 2.09. The third-order valence-electron chi connectivity index (χ3n) is 3.52. The molecule has 0 saturated carbocycles. The van der Waals surface area contributed by atoms with Crippen LogP contribution >= 0.6 is 11.6 Å². The van der Waals surface area contributed by atoms with Gasteiger partial charge in [0.25, 0.3) is 0 Å². The lowest BCUT2D eigenvalue weighted by atomic mass is 10.0. The van der Waals surface area contributed by atoms with Gasteiger partial charge in [-0.15, -0.1) is 0 Å². The van der Waals surface area contributed by atoms with Crippen LogP contribution in [0, 0.1) is 0 Å². The lowest BCUT2D eigenvalue weighted by molar-refractivity contribution is 0.694. The number of benzene rings is 2. The number of anilines is 1. The van der Waals surface area contributed by atoms with Crippen molar-refractivity contribution in [1.29, 1.82) is 0 Å². The second-order valence-corrected chi connectivity index (χ2v) is 5.49. The Bertz CT molecular complexity index is 551. The van der Waals surface area contributed by atoms with Crippen LogP contribution in [-0.4, -0.2) is 7.05 Å². The standard InChI is InChI=1S/C17H21ClN2/c1-3-16(19)15-6-4-5-7-17(15)20(2)12-13-8-10-14(18)11-9-13/h4-11,16H,3,12,19H2,1-2H3/t16-/m1/s1. The van der Waals surface area contributed by atoms with Gasteiger partial charge in [-0.25, -0.2) is 0 Å². The average molecular weight is 289 g/mol. The van der Waals surface area contributed by atoms with Crippen molar-refractivity contribution < 1.29 is 0 Å². The van der Waals surface area contributed by atoms with E-state index in [1.165, 1.54) is 16.8 Å². The fourth-order valence-corrected chi connectivity index (χ4v) is 2.44. The number of nitrogens with two attached hydrogens (primary N) is 1. The molecule has 0 aliphatic carbocycles. The summed E-state index contributed by atoms with van der Waals surface area (Å²) in [6.07, 6.45) is 0.936. The van der Waals surface area contributed by atoms with Gasteiger partial charge in [-0.1, -0.05) is 48.9 Å². The molecule has 20 heavy (non-hydrogen) atoms. The van der Waals surface area contributed by atoms with E-state index in [1.807, 2.05) is 18.2 Å². The number of rotatable bonds is 5. The first kappa shape index (κ1) is 14.9. The zero-order chi connectivity index (χ0) is 14.5. The Kier molecular flexibility index (Phi) is 5.05. The number of nitrogens with zero attached hydrogens (tertiary/aromatic N) is 1. The molecule has 0 amide bonds. The number of hydrogen-bond donors (Lipinski definition) is 1. The van der Waals surface area contributed by atoms with Gasteiger partial charge >= 0.3 is 0 Å². The molecule has 0 aliphatic heterocycles. The van der Waals surface area contributed by atoms with Crippen LogP contribution in [0.5, 0.6) is 0 Å². The first-order valence-electron chi connectivity index (χ1n) is 6.92. The lowest BCUT2D eigenvalue weighted by Gasteiger charge is -2.25. The molecule has 0 aliphatic rings. The van der Waals surface area contributed by atoms with Gasteiger partial charge in [0.15, 0.2) is 0 Å². The van der Waals surface area contributed by atoms with Crippen LogP contribution < -0.4 is 10.6 Å². The summed E-state index contributed by atoms with van der Waals surface area (Å²) < 4.78 is 0. The van der Waals surface area contributed by atoms with Gasteiger partial charge in [0.2, 0.25) is 0 Å². The van der Waals surface area contributed by atoms with Crippen molar-refractivity contribution in [3.8, 4) is 0 Å². The van der Waals surface area contributed by atoms with Gasteiger partial charge in [-0.05, 0) is 35.7 Å². The van der Waals surface area contributed by atoms with Crippen LogP contribution in [0.3, 0.4) is 0 Å². The van der Waals surface area contributed by atoms with E-state index in [9.17, 15) is 0 Å². The molecule has 2 nitrogen and oxygen atoms in total. The highest BCUT2D eigenvalue weighted by Gasteiger charge is 2.12. The molecule has 0 aromatic heterocycles. The van der Waals surface area contributed by atoms with E-state index in [0.717, 1.165) is 18.0 Å². The Morgan fingerprint density at radius 1 is 1.10 bits per heavy atom. The van der Waals surface area contributed by atoms with Crippen molar-refractivity contribution >= 4 is 17.3 Å². The highest BCUT2D eigenvalue weighted by atomic mass is 35.5. The van der Waals surface area contributed by atoms with Gasteiger partial charge in [0.05, 0.1) is 0 Å². The molecule has 0 bridgehead atoms. The number of hydrogen-bond acceptors (Lipinski definition) is 2. The third kappa shape index (κ3) is 3.53. The molecule has 2 N–H and O–H groups in total. The van der Waals surface area contributed by atoms with E-state index in [2.05, 4.69) is 49.2 Å². The quantitative estimate of drug-likeness (QED) is 0.884. The molecule has 0 radical (unpaired) electrons. The van der Waals surface area contributed by atoms with Crippen LogP contribution in [0.4, 0.5) is 5.69 Å². The van der Waals surface area contributed by atoms with Crippen LogP contribution in [0.2, 0.25) is 5.02 Å². The Morgan fingerprint density at radius 2 is 1.75 bits per heavy atom. The summed E-state index contributed by atoms with van der Waals surface area (Å²) in [6.45, 7) is 2.95. The summed E-state index contributed by atoms with van der Waals surface area (Å²) in [5, 5.41) is 0.768. The lowest BCUT2D eigenvalue weighted by Crippen LogP contribution is -2.20. The Labute approximate surface area is 126 Å².